The van der Waals surface area contributed by atoms with E-state index in [4.69, 9.17) is 4.74 Å². The third-order valence-electron chi connectivity index (χ3n) is 5.51. The van der Waals surface area contributed by atoms with Crippen LogP contribution >= 0.6 is 0 Å². The van der Waals surface area contributed by atoms with Crippen LogP contribution in [0.4, 0.5) is 11.4 Å². The van der Waals surface area contributed by atoms with E-state index in [0.29, 0.717) is 6.61 Å². The fourth-order valence-corrected chi connectivity index (χ4v) is 4.00. The van der Waals surface area contributed by atoms with Crippen LogP contribution in [-0.4, -0.2) is 17.4 Å². The maximum Gasteiger partial charge on any atom is 0.269 e. The fourth-order valence-electron chi connectivity index (χ4n) is 4.00. The monoisotopic (exact) mass is 382 g/mol. The minimum atomic E-state index is -0.653. The Morgan fingerprint density at radius 1 is 1.14 bits per heavy atom. The third-order valence-corrected chi connectivity index (χ3v) is 5.51. The summed E-state index contributed by atoms with van der Waals surface area (Å²) < 4.78 is 5.56. The summed E-state index contributed by atoms with van der Waals surface area (Å²) in [5.41, 5.74) is 1.93. The molecule has 1 aliphatic rings. The highest BCUT2D eigenvalue weighted by molar-refractivity contribution is 5.99. The van der Waals surface area contributed by atoms with E-state index in [1.165, 1.54) is 12.1 Å². The molecular formula is C22H26N2O4. The molecule has 0 atom stereocenters. The van der Waals surface area contributed by atoms with Crippen LogP contribution in [0.3, 0.4) is 0 Å². The van der Waals surface area contributed by atoms with Crippen LogP contribution in [0.2, 0.25) is 0 Å². The summed E-state index contributed by atoms with van der Waals surface area (Å²) in [6, 6.07) is 12.1. The summed E-state index contributed by atoms with van der Waals surface area (Å²) in [5, 5.41) is 14.0. The summed E-state index contributed by atoms with van der Waals surface area (Å²) >= 11 is 0. The van der Waals surface area contributed by atoms with Gasteiger partial charge in [0.05, 0.1) is 16.9 Å². The van der Waals surface area contributed by atoms with Gasteiger partial charge in [0.25, 0.3) is 5.69 Å². The van der Waals surface area contributed by atoms with Crippen molar-refractivity contribution in [2.75, 3.05) is 11.9 Å². The highest BCUT2D eigenvalue weighted by Gasteiger charge is 2.41. The van der Waals surface area contributed by atoms with Crippen molar-refractivity contribution < 1.29 is 14.5 Å². The zero-order chi connectivity index (χ0) is 20.1. The molecule has 1 amide bonds. The van der Waals surface area contributed by atoms with Crippen molar-refractivity contribution >= 4 is 17.3 Å². The number of ether oxygens (including phenoxy) is 1. The number of hydrogen-bond acceptors (Lipinski definition) is 4. The minimum Gasteiger partial charge on any atom is -0.494 e. The number of nitrogens with zero attached hydrogens (tertiary/aromatic N) is 1. The number of nitrogens with one attached hydrogen (secondary N) is 1. The van der Waals surface area contributed by atoms with Gasteiger partial charge in [-0.3, -0.25) is 14.9 Å². The molecule has 1 saturated carbocycles. The number of benzene rings is 2. The molecule has 0 spiro atoms. The topological polar surface area (TPSA) is 81.5 Å². The number of amides is 1. The van der Waals surface area contributed by atoms with Crippen LogP contribution in [0.25, 0.3) is 0 Å². The zero-order valence-electron chi connectivity index (χ0n) is 16.4. The average molecular weight is 382 g/mol. The molecule has 0 saturated heterocycles. The Balaban J connectivity index is 1.88. The van der Waals surface area contributed by atoms with Gasteiger partial charge in [-0.25, -0.2) is 0 Å². The first-order chi connectivity index (χ1) is 13.5. The molecule has 1 N–H and O–H groups in total. The molecule has 6 heteroatoms. The molecular weight excluding hydrogens is 356 g/mol. The summed E-state index contributed by atoms with van der Waals surface area (Å²) in [6.07, 6.45) is 4.52. The second-order valence-electron chi connectivity index (χ2n) is 7.31. The lowest BCUT2D eigenvalue weighted by Crippen LogP contribution is -2.42. The molecule has 0 unspecified atom stereocenters. The lowest BCUT2D eigenvalue weighted by atomic mass is 9.68. The molecule has 148 valence electrons. The van der Waals surface area contributed by atoms with Gasteiger partial charge >= 0.3 is 0 Å². The first-order valence-corrected chi connectivity index (χ1v) is 9.76. The van der Waals surface area contributed by atoms with Gasteiger partial charge < -0.3 is 10.1 Å². The van der Waals surface area contributed by atoms with Crippen molar-refractivity contribution in [3.05, 3.63) is 63.7 Å². The van der Waals surface area contributed by atoms with Gasteiger partial charge in [0, 0.05) is 17.8 Å². The van der Waals surface area contributed by atoms with Crippen LogP contribution < -0.4 is 10.1 Å². The Hall–Kier alpha value is -2.89. The van der Waals surface area contributed by atoms with Gasteiger partial charge in [0.15, 0.2) is 0 Å². The molecule has 0 radical (unpaired) electrons. The summed E-state index contributed by atoms with van der Waals surface area (Å²) in [5.74, 6) is 0.757. The summed E-state index contributed by atoms with van der Waals surface area (Å²) in [6.45, 7) is 4.48. The van der Waals surface area contributed by atoms with Gasteiger partial charge in [-0.1, -0.05) is 31.4 Å². The van der Waals surface area contributed by atoms with E-state index in [2.05, 4.69) is 5.32 Å². The molecule has 2 aromatic rings. The van der Waals surface area contributed by atoms with Gasteiger partial charge in [0.2, 0.25) is 5.91 Å². The van der Waals surface area contributed by atoms with Crippen LogP contribution in [0, 0.1) is 17.0 Å². The predicted molar refractivity (Wildman–Crippen MR) is 109 cm³/mol. The molecule has 28 heavy (non-hydrogen) atoms. The van der Waals surface area contributed by atoms with Crippen molar-refractivity contribution in [1.82, 2.24) is 0 Å². The molecule has 0 aromatic heterocycles. The molecule has 3 rings (SSSR count). The SMILES string of the molecule is CCOc1ccc(NC(=O)C2(c3ccc([N+](=O)[O-])cc3)CCCCC2)cc1C. The fraction of sp³-hybridized carbons (Fsp3) is 0.409. The van der Waals surface area contributed by atoms with E-state index in [1.54, 1.807) is 12.1 Å². The van der Waals surface area contributed by atoms with Crippen LogP contribution in [0.15, 0.2) is 42.5 Å². The largest absolute Gasteiger partial charge is 0.494 e. The predicted octanol–water partition coefficient (Wildman–Crippen LogP) is 5.14. The second kappa shape index (κ2) is 8.42. The Kier molecular flexibility index (Phi) is 5.97. The Labute approximate surface area is 165 Å². The van der Waals surface area contributed by atoms with Crippen LogP contribution in [0.5, 0.6) is 5.75 Å². The van der Waals surface area contributed by atoms with Crippen molar-refractivity contribution in [3.63, 3.8) is 0 Å². The maximum absolute atomic E-state index is 13.4. The van der Waals surface area contributed by atoms with Gasteiger partial charge in [-0.05, 0) is 56.0 Å². The number of non-ortho nitro benzene ring substituents is 1. The lowest BCUT2D eigenvalue weighted by Gasteiger charge is -2.36. The highest BCUT2D eigenvalue weighted by atomic mass is 16.6. The number of anilines is 1. The van der Waals surface area contributed by atoms with E-state index in [1.807, 2.05) is 32.0 Å². The lowest BCUT2D eigenvalue weighted by molar-refractivity contribution is -0.384. The quantitative estimate of drug-likeness (QED) is 0.554. The standard InChI is InChI=1S/C22H26N2O4/c1-3-28-20-12-9-18(15-16(20)2)23-21(25)22(13-5-4-6-14-22)17-7-10-19(11-8-17)24(26)27/h7-12,15H,3-6,13-14H2,1-2H3,(H,23,25). The first-order valence-electron chi connectivity index (χ1n) is 9.76. The van der Waals surface area contributed by atoms with Crippen molar-refractivity contribution in [1.29, 1.82) is 0 Å². The number of carbonyl (C=O) groups excluding carboxylic acids is 1. The first kappa shape index (κ1) is 19.9. The Morgan fingerprint density at radius 3 is 2.39 bits per heavy atom. The van der Waals surface area contributed by atoms with E-state index in [9.17, 15) is 14.9 Å². The number of nitro groups is 1. The zero-order valence-corrected chi connectivity index (χ0v) is 16.4. The van der Waals surface area contributed by atoms with E-state index >= 15 is 0 Å². The number of carbonyl (C=O) groups is 1. The van der Waals surface area contributed by atoms with Gasteiger partial charge in [0.1, 0.15) is 5.75 Å². The van der Waals surface area contributed by atoms with Crippen LogP contribution in [-0.2, 0) is 10.2 Å². The molecule has 0 aliphatic heterocycles. The molecule has 6 nitrogen and oxygen atoms in total. The molecule has 0 bridgehead atoms. The maximum atomic E-state index is 13.4. The molecule has 1 aliphatic carbocycles. The number of rotatable bonds is 6. The smallest absolute Gasteiger partial charge is 0.269 e. The van der Waals surface area contributed by atoms with E-state index < -0.39 is 10.3 Å². The Morgan fingerprint density at radius 2 is 1.82 bits per heavy atom. The van der Waals surface area contributed by atoms with E-state index in [-0.39, 0.29) is 11.6 Å². The molecule has 1 fully saturated rings. The van der Waals surface area contributed by atoms with Crippen LogP contribution in [0.1, 0.15) is 50.2 Å². The summed E-state index contributed by atoms with van der Waals surface area (Å²) in [4.78, 5) is 23.9. The minimum absolute atomic E-state index is 0.0391. The van der Waals surface area contributed by atoms with E-state index in [0.717, 1.165) is 54.7 Å². The van der Waals surface area contributed by atoms with Crippen molar-refractivity contribution in [2.45, 2.75) is 51.4 Å². The van der Waals surface area contributed by atoms with Crippen molar-refractivity contribution in [3.8, 4) is 5.75 Å². The molecule has 2 aromatic carbocycles. The van der Waals surface area contributed by atoms with Gasteiger partial charge in [-0.2, -0.15) is 0 Å². The highest BCUT2D eigenvalue weighted by Crippen LogP contribution is 2.41. The third kappa shape index (κ3) is 4.01. The van der Waals surface area contributed by atoms with Gasteiger partial charge in [-0.15, -0.1) is 0 Å². The average Bonchev–Trinajstić information content (AvgIpc) is 2.70. The Bertz CT molecular complexity index is 855. The summed E-state index contributed by atoms with van der Waals surface area (Å²) in [7, 11) is 0. The second-order valence-corrected chi connectivity index (χ2v) is 7.31. The normalized spacial score (nSPS) is 15.6. The van der Waals surface area contributed by atoms with Crippen molar-refractivity contribution in [2.24, 2.45) is 0 Å². The number of hydrogen-bond donors (Lipinski definition) is 1. The number of nitro benzene ring substituents is 1. The number of aryl methyl sites for hydroxylation is 1. The molecule has 0 heterocycles.